The Morgan fingerprint density at radius 2 is 1.68 bits per heavy atom. The van der Waals surface area contributed by atoms with Crippen molar-refractivity contribution in [1.82, 2.24) is 19.3 Å². The van der Waals surface area contributed by atoms with Crippen molar-refractivity contribution >= 4 is 23.1 Å². The van der Waals surface area contributed by atoms with Gasteiger partial charge in [-0.1, -0.05) is 24.3 Å². The number of hydrogen-bond acceptors (Lipinski definition) is 6. The van der Waals surface area contributed by atoms with Gasteiger partial charge in [0.05, 0.1) is 35.5 Å². The first kappa shape index (κ1) is 24.3. The van der Waals surface area contributed by atoms with Crippen LogP contribution in [0.5, 0.6) is 0 Å². The molecule has 0 unspecified atom stereocenters. The predicted molar refractivity (Wildman–Crippen MR) is 144 cm³/mol. The van der Waals surface area contributed by atoms with Gasteiger partial charge >= 0.3 is 6.09 Å². The van der Waals surface area contributed by atoms with Gasteiger partial charge in [0.25, 0.3) is 0 Å². The average Bonchev–Trinajstić information content (AvgIpc) is 3.42. The summed E-state index contributed by atoms with van der Waals surface area (Å²) in [6.07, 6.45) is 4.74. The molecular weight excluding hydrogens is 466 g/mol. The predicted octanol–water partition coefficient (Wildman–Crippen LogP) is 4.58. The number of imidazole rings is 1. The highest BCUT2D eigenvalue weighted by molar-refractivity contribution is 5.88. The third-order valence-corrected chi connectivity index (χ3v) is 7.15. The van der Waals surface area contributed by atoms with Gasteiger partial charge in [-0.05, 0) is 51.2 Å². The highest BCUT2D eigenvalue weighted by Crippen LogP contribution is 2.37. The molecule has 1 aliphatic rings. The molecule has 3 heterocycles. The number of fused-ring (bicyclic) bond motifs is 1. The number of benzene rings is 2. The Balaban J connectivity index is 1.66. The number of carbonyl (C=O) groups is 1. The van der Waals surface area contributed by atoms with E-state index in [1.807, 2.05) is 30.5 Å². The molecule has 2 aromatic heterocycles. The maximum absolute atomic E-state index is 11.4. The molecule has 0 atom stereocenters. The van der Waals surface area contributed by atoms with Crippen LogP contribution in [0.4, 0.5) is 16.3 Å². The average molecular weight is 496 g/mol. The van der Waals surface area contributed by atoms with E-state index >= 15 is 0 Å². The van der Waals surface area contributed by atoms with Crippen molar-refractivity contribution in [3.8, 4) is 28.6 Å². The number of piperidine rings is 1. The van der Waals surface area contributed by atoms with Crippen LogP contribution in [0.2, 0.25) is 0 Å². The van der Waals surface area contributed by atoms with Crippen LogP contribution in [0.25, 0.3) is 28.0 Å². The Morgan fingerprint density at radius 3 is 2.27 bits per heavy atom. The molecule has 0 aliphatic carbocycles. The van der Waals surface area contributed by atoms with E-state index in [2.05, 4.69) is 39.3 Å². The summed E-state index contributed by atoms with van der Waals surface area (Å²) in [6.45, 7) is 1.80. The summed E-state index contributed by atoms with van der Waals surface area (Å²) in [5, 5.41) is 18.6. The topological polar surface area (TPSA) is 101 Å². The maximum atomic E-state index is 11.4. The second-order valence-electron chi connectivity index (χ2n) is 9.54. The molecule has 9 heteroatoms. The molecule has 1 N–H and O–H groups in total. The Morgan fingerprint density at radius 1 is 1.03 bits per heavy atom. The van der Waals surface area contributed by atoms with E-state index in [1.54, 1.807) is 30.6 Å². The quantitative estimate of drug-likeness (QED) is 0.432. The standard InChI is InChI=1S/C28H29N7O2/c1-32(2)22-12-14-34(15-13-22)27-24-17-30-18-35(24)26(21-8-10-23(11-9-21)33(3)28(36)37)25(31-27)20-6-4-19(16-29)5-7-20/h4-11,17-18,22H,12-15H2,1-3H3,(H,36,37). The number of carboxylic acid groups (broad SMARTS) is 1. The largest absolute Gasteiger partial charge is 0.465 e. The monoisotopic (exact) mass is 495 g/mol. The zero-order valence-corrected chi connectivity index (χ0v) is 21.2. The fourth-order valence-electron chi connectivity index (χ4n) is 4.93. The lowest BCUT2D eigenvalue weighted by atomic mass is 10.0. The Hall–Kier alpha value is -4.42. The van der Waals surface area contributed by atoms with Gasteiger partial charge in [-0.2, -0.15) is 5.26 Å². The Bertz CT molecular complexity index is 1460. The molecule has 0 spiro atoms. The van der Waals surface area contributed by atoms with Gasteiger partial charge in [0.1, 0.15) is 5.52 Å². The van der Waals surface area contributed by atoms with Crippen molar-refractivity contribution in [2.45, 2.75) is 18.9 Å². The van der Waals surface area contributed by atoms with Crippen molar-refractivity contribution in [3.63, 3.8) is 0 Å². The van der Waals surface area contributed by atoms with Gasteiger partial charge in [0.15, 0.2) is 5.82 Å². The zero-order chi connectivity index (χ0) is 26.1. The molecule has 0 bridgehead atoms. The summed E-state index contributed by atoms with van der Waals surface area (Å²) >= 11 is 0. The first-order valence-corrected chi connectivity index (χ1v) is 12.2. The normalized spacial score (nSPS) is 14.2. The lowest BCUT2D eigenvalue weighted by molar-refractivity contribution is 0.203. The minimum Gasteiger partial charge on any atom is -0.465 e. The first-order valence-electron chi connectivity index (χ1n) is 12.2. The van der Waals surface area contributed by atoms with E-state index in [0.29, 0.717) is 17.3 Å². The molecule has 37 heavy (non-hydrogen) atoms. The molecule has 1 amide bonds. The number of nitrogens with zero attached hydrogens (tertiary/aromatic N) is 7. The van der Waals surface area contributed by atoms with E-state index in [0.717, 1.165) is 59.8 Å². The molecule has 4 aromatic rings. The second kappa shape index (κ2) is 9.91. The van der Waals surface area contributed by atoms with Gasteiger partial charge in [0, 0.05) is 43.0 Å². The number of hydrogen-bond donors (Lipinski definition) is 1. The summed E-state index contributed by atoms with van der Waals surface area (Å²) in [5.41, 5.74) is 5.48. The van der Waals surface area contributed by atoms with Crippen LogP contribution in [0.15, 0.2) is 61.1 Å². The molecule has 2 aromatic carbocycles. The number of amides is 1. The van der Waals surface area contributed by atoms with Gasteiger partial charge in [-0.15, -0.1) is 0 Å². The summed E-state index contributed by atoms with van der Waals surface area (Å²) in [7, 11) is 5.78. The molecule has 5 rings (SSSR count). The minimum absolute atomic E-state index is 0.553. The van der Waals surface area contributed by atoms with Crippen molar-refractivity contribution in [2.24, 2.45) is 0 Å². The molecular formula is C28H29N7O2. The fourth-order valence-corrected chi connectivity index (χ4v) is 4.93. The molecule has 188 valence electrons. The van der Waals surface area contributed by atoms with Crippen LogP contribution < -0.4 is 9.80 Å². The van der Waals surface area contributed by atoms with E-state index in [9.17, 15) is 15.2 Å². The van der Waals surface area contributed by atoms with E-state index in [1.165, 1.54) is 11.9 Å². The SMILES string of the molecule is CN(C(=O)O)c1ccc(-c2c(-c3ccc(C#N)cc3)nc(N3CCC(N(C)C)CC3)c3cncn23)cc1. The maximum Gasteiger partial charge on any atom is 0.411 e. The van der Waals surface area contributed by atoms with E-state index < -0.39 is 6.09 Å². The van der Waals surface area contributed by atoms with Crippen LogP contribution in [-0.2, 0) is 0 Å². The van der Waals surface area contributed by atoms with Crippen LogP contribution in [-0.4, -0.2) is 70.7 Å². The number of nitriles is 1. The van der Waals surface area contributed by atoms with Gasteiger partial charge in [0.2, 0.25) is 0 Å². The minimum atomic E-state index is -1.02. The Labute approximate surface area is 215 Å². The number of anilines is 2. The third-order valence-electron chi connectivity index (χ3n) is 7.15. The highest BCUT2D eigenvalue weighted by atomic mass is 16.4. The summed E-state index contributed by atoms with van der Waals surface area (Å²) in [4.78, 5) is 26.9. The second-order valence-corrected chi connectivity index (χ2v) is 9.54. The van der Waals surface area contributed by atoms with Gasteiger partial charge in [-0.3, -0.25) is 9.30 Å². The lowest BCUT2D eigenvalue weighted by Gasteiger charge is -2.36. The smallest absolute Gasteiger partial charge is 0.411 e. The van der Waals surface area contributed by atoms with Gasteiger partial charge in [-0.25, -0.2) is 14.8 Å². The number of rotatable bonds is 5. The van der Waals surface area contributed by atoms with Crippen LogP contribution in [0.3, 0.4) is 0 Å². The molecule has 1 fully saturated rings. The highest BCUT2D eigenvalue weighted by Gasteiger charge is 2.26. The molecule has 9 nitrogen and oxygen atoms in total. The van der Waals surface area contributed by atoms with Crippen LogP contribution in [0, 0.1) is 11.3 Å². The molecule has 1 aliphatic heterocycles. The lowest BCUT2D eigenvalue weighted by Crippen LogP contribution is -2.42. The molecule has 0 radical (unpaired) electrons. The van der Waals surface area contributed by atoms with E-state index in [4.69, 9.17) is 4.98 Å². The molecule has 0 saturated carbocycles. The summed E-state index contributed by atoms with van der Waals surface area (Å²) < 4.78 is 2.06. The van der Waals surface area contributed by atoms with Crippen molar-refractivity contribution in [1.29, 1.82) is 5.26 Å². The van der Waals surface area contributed by atoms with E-state index in [-0.39, 0.29) is 0 Å². The van der Waals surface area contributed by atoms with Crippen LogP contribution >= 0.6 is 0 Å². The molecule has 1 saturated heterocycles. The van der Waals surface area contributed by atoms with Crippen LogP contribution in [0.1, 0.15) is 18.4 Å². The number of aromatic nitrogens is 3. The third kappa shape index (κ3) is 4.59. The van der Waals surface area contributed by atoms with Crippen molar-refractivity contribution in [3.05, 3.63) is 66.6 Å². The zero-order valence-electron chi connectivity index (χ0n) is 21.2. The fraction of sp³-hybridized carbons (Fsp3) is 0.286. The first-order chi connectivity index (χ1) is 17.9. The Kier molecular flexibility index (Phi) is 6.51. The van der Waals surface area contributed by atoms with Gasteiger partial charge < -0.3 is 14.9 Å². The van der Waals surface area contributed by atoms with Crippen molar-refractivity contribution in [2.75, 3.05) is 44.0 Å². The summed E-state index contributed by atoms with van der Waals surface area (Å²) in [6, 6.07) is 17.5. The summed E-state index contributed by atoms with van der Waals surface area (Å²) in [5.74, 6) is 0.889. The van der Waals surface area contributed by atoms with Crippen molar-refractivity contribution < 1.29 is 9.90 Å².